The minimum absolute atomic E-state index is 0.0284. The van der Waals surface area contributed by atoms with Crippen molar-refractivity contribution in [3.8, 4) is 0 Å². The first kappa shape index (κ1) is 15.3. The van der Waals surface area contributed by atoms with Gasteiger partial charge in [0.25, 0.3) is 0 Å². The molecule has 3 rings (SSSR count). The fraction of sp³-hybridized carbons (Fsp3) is 0.812. The van der Waals surface area contributed by atoms with E-state index in [0.717, 1.165) is 12.8 Å². The van der Waals surface area contributed by atoms with E-state index in [4.69, 9.17) is 4.42 Å². The van der Waals surface area contributed by atoms with Crippen molar-refractivity contribution in [2.24, 2.45) is 5.92 Å². The van der Waals surface area contributed by atoms with Crippen molar-refractivity contribution in [3.63, 3.8) is 0 Å². The predicted octanol–water partition coefficient (Wildman–Crippen LogP) is 2.89. The largest absolute Gasteiger partial charge is 0.423 e. The Kier molecular flexibility index (Phi) is 4.36. The second-order valence-corrected chi connectivity index (χ2v) is 6.72. The van der Waals surface area contributed by atoms with Gasteiger partial charge in [-0.3, -0.25) is 0 Å². The van der Waals surface area contributed by atoms with E-state index in [0.29, 0.717) is 30.7 Å². The van der Waals surface area contributed by atoms with Crippen molar-refractivity contribution in [3.05, 3.63) is 11.8 Å². The summed E-state index contributed by atoms with van der Waals surface area (Å²) in [6, 6.07) is -0.0284. The molecule has 6 nitrogen and oxygen atoms in total. The lowest BCUT2D eigenvalue weighted by molar-refractivity contribution is 0.181. The quantitative estimate of drug-likeness (QED) is 0.908. The van der Waals surface area contributed by atoms with Crippen molar-refractivity contribution in [1.82, 2.24) is 20.4 Å². The summed E-state index contributed by atoms with van der Waals surface area (Å²) in [4.78, 5) is 14.1. The maximum atomic E-state index is 12.4. The molecule has 0 saturated heterocycles. The molecule has 0 bridgehead atoms. The molecule has 2 amide bonds. The van der Waals surface area contributed by atoms with Crippen LogP contribution in [0.3, 0.4) is 0 Å². The lowest BCUT2D eigenvalue weighted by Crippen LogP contribution is -2.48. The zero-order valence-electron chi connectivity index (χ0n) is 13.6. The maximum absolute atomic E-state index is 12.4. The Morgan fingerprint density at radius 2 is 1.95 bits per heavy atom. The van der Waals surface area contributed by atoms with Gasteiger partial charge >= 0.3 is 6.03 Å². The van der Waals surface area contributed by atoms with Gasteiger partial charge in [0, 0.05) is 19.0 Å². The minimum atomic E-state index is -0.0284. The van der Waals surface area contributed by atoms with Crippen LogP contribution in [0, 0.1) is 5.92 Å². The first-order valence-corrected chi connectivity index (χ1v) is 8.47. The van der Waals surface area contributed by atoms with E-state index in [2.05, 4.69) is 15.5 Å². The van der Waals surface area contributed by atoms with Crippen LogP contribution < -0.4 is 5.32 Å². The third-order valence-electron chi connectivity index (χ3n) is 5.06. The zero-order valence-corrected chi connectivity index (χ0v) is 13.6. The van der Waals surface area contributed by atoms with Gasteiger partial charge in [-0.25, -0.2) is 4.79 Å². The standard InChI is InChI=1S/C16H26N4O2/c1-3-13-18-19-14(22-13)11-20(2)15(21)17-16(9-10-16)12-7-5-4-6-8-12/h12H,3-11H2,1-2H3,(H,17,21). The van der Waals surface area contributed by atoms with E-state index >= 15 is 0 Å². The lowest BCUT2D eigenvalue weighted by Gasteiger charge is -2.32. The van der Waals surface area contributed by atoms with E-state index in [1.165, 1.54) is 32.1 Å². The summed E-state index contributed by atoms with van der Waals surface area (Å²) < 4.78 is 5.47. The zero-order chi connectivity index (χ0) is 15.6. The second kappa shape index (κ2) is 6.26. The van der Waals surface area contributed by atoms with Crippen LogP contribution >= 0.6 is 0 Å². The second-order valence-electron chi connectivity index (χ2n) is 6.72. The summed E-state index contributed by atoms with van der Waals surface area (Å²) in [5.41, 5.74) is 0.0647. The molecule has 0 spiro atoms. The Balaban J connectivity index is 1.54. The van der Waals surface area contributed by atoms with Crippen LogP contribution in [0.15, 0.2) is 4.42 Å². The number of aryl methyl sites for hydroxylation is 1. The summed E-state index contributed by atoms with van der Waals surface area (Å²) in [5, 5.41) is 11.2. The maximum Gasteiger partial charge on any atom is 0.318 e. The molecular formula is C16H26N4O2. The molecule has 6 heteroatoms. The molecule has 1 aromatic heterocycles. The van der Waals surface area contributed by atoms with E-state index in [1.54, 1.807) is 11.9 Å². The summed E-state index contributed by atoms with van der Waals surface area (Å²) >= 11 is 0. The summed E-state index contributed by atoms with van der Waals surface area (Å²) in [6.07, 6.45) is 9.43. The minimum Gasteiger partial charge on any atom is -0.423 e. The highest BCUT2D eigenvalue weighted by Gasteiger charge is 2.50. The Morgan fingerprint density at radius 1 is 1.27 bits per heavy atom. The molecule has 2 aliphatic rings. The van der Waals surface area contributed by atoms with Gasteiger partial charge in [-0.05, 0) is 31.6 Å². The fourth-order valence-corrected chi connectivity index (χ4v) is 3.50. The van der Waals surface area contributed by atoms with Crippen molar-refractivity contribution in [2.75, 3.05) is 7.05 Å². The molecular weight excluding hydrogens is 280 g/mol. The van der Waals surface area contributed by atoms with Gasteiger partial charge in [0.1, 0.15) is 6.54 Å². The highest BCUT2D eigenvalue weighted by atomic mass is 16.4. The van der Waals surface area contributed by atoms with Crippen LogP contribution in [-0.4, -0.2) is 33.7 Å². The normalized spacial score (nSPS) is 20.6. The highest BCUT2D eigenvalue weighted by molar-refractivity contribution is 5.75. The molecule has 0 unspecified atom stereocenters. The molecule has 0 aromatic carbocycles. The highest BCUT2D eigenvalue weighted by Crippen LogP contribution is 2.48. The van der Waals surface area contributed by atoms with Crippen molar-refractivity contribution < 1.29 is 9.21 Å². The number of carbonyl (C=O) groups excluding carboxylic acids is 1. The van der Waals surface area contributed by atoms with Crippen molar-refractivity contribution in [1.29, 1.82) is 0 Å². The third-order valence-corrected chi connectivity index (χ3v) is 5.06. The molecule has 1 heterocycles. The van der Waals surface area contributed by atoms with E-state index in [1.807, 2.05) is 6.92 Å². The number of urea groups is 1. The van der Waals surface area contributed by atoms with Crippen LogP contribution in [-0.2, 0) is 13.0 Å². The summed E-state index contributed by atoms with van der Waals surface area (Å²) in [5.74, 6) is 1.77. The summed E-state index contributed by atoms with van der Waals surface area (Å²) in [7, 11) is 1.78. The van der Waals surface area contributed by atoms with Crippen molar-refractivity contribution in [2.45, 2.75) is 70.4 Å². The van der Waals surface area contributed by atoms with E-state index < -0.39 is 0 Å². The lowest BCUT2D eigenvalue weighted by atomic mass is 9.82. The number of hydrogen-bond donors (Lipinski definition) is 1. The predicted molar refractivity (Wildman–Crippen MR) is 82.2 cm³/mol. The van der Waals surface area contributed by atoms with Crippen LogP contribution in [0.5, 0.6) is 0 Å². The molecule has 0 radical (unpaired) electrons. The van der Waals surface area contributed by atoms with Gasteiger partial charge in [-0.15, -0.1) is 10.2 Å². The molecule has 0 aliphatic heterocycles. The average Bonchev–Trinajstić information content (AvgIpc) is 3.18. The summed E-state index contributed by atoms with van der Waals surface area (Å²) in [6.45, 7) is 2.33. The van der Waals surface area contributed by atoms with Gasteiger partial charge in [0.2, 0.25) is 11.8 Å². The molecule has 1 aromatic rings. The number of amides is 2. The molecule has 2 saturated carbocycles. The van der Waals surface area contributed by atoms with E-state index in [9.17, 15) is 4.79 Å². The smallest absolute Gasteiger partial charge is 0.318 e. The monoisotopic (exact) mass is 306 g/mol. The van der Waals surface area contributed by atoms with Gasteiger partial charge in [-0.1, -0.05) is 26.2 Å². The Hall–Kier alpha value is -1.59. The molecule has 2 fully saturated rings. The molecule has 1 N–H and O–H groups in total. The number of rotatable bonds is 5. The average molecular weight is 306 g/mol. The molecule has 2 aliphatic carbocycles. The topological polar surface area (TPSA) is 71.3 Å². The Labute approximate surface area is 131 Å². The Bertz CT molecular complexity index is 518. The molecule has 122 valence electrons. The number of nitrogens with zero attached hydrogens (tertiary/aromatic N) is 3. The van der Waals surface area contributed by atoms with E-state index in [-0.39, 0.29) is 11.6 Å². The first-order chi connectivity index (χ1) is 10.6. The number of nitrogens with one attached hydrogen (secondary N) is 1. The third kappa shape index (κ3) is 3.25. The van der Waals surface area contributed by atoms with Crippen LogP contribution in [0.1, 0.15) is 63.7 Å². The number of hydrogen-bond acceptors (Lipinski definition) is 4. The first-order valence-electron chi connectivity index (χ1n) is 8.47. The van der Waals surface area contributed by atoms with Crippen LogP contribution in [0.2, 0.25) is 0 Å². The SMILES string of the molecule is CCc1nnc(CN(C)C(=O)NC2(C3CCCCC3)CC2)o1. The van der Waals surface area contributed by atoms with Gasteiger partial charge < -0.3 is 14.6 Å². The van der Waals surface area contributed by atoms with Gasteiger partial charge in [0.05, 0.1) is 0 Å². The van der Waals surface area contributed by atoms with Crippen LogP contribution in [0.4, 0.5) is 4.79 Å². The number of aromatic nitrogens is 2. The molecule has 0 atom stereocenters. The van der Waals surface area contributed by atoms with Crippen LogP contribution in [0.25, 0.3) is 0 Å². The van der Waals surface area contributed by atoms with Gasteiger partial charge in [-0.2, -0.15) is 0 Å². The Morgan fingerprint density at radius 3 is 2.55 bits per heavy atom. The van der Waals surface area contributed by atoms with Crippen molar-refractivity contribution >= 4 is 6.03 Å². The molecule has 22 heavy (non-hydrogen) atoms. The fourth-order valence-electron chi connectivity index (χ4n) is 3.50. The van der Waals surface area contributed by atoms with Gasteiger partial charge in [0.15, 0.2) is 0 Å². The number of carbonyl (C=O) groups is 1.